The van der Waals surface area contributed by atoms with E-state index in [2.05, 4.69) is 15.1 Å². The number of benzene rings is 1. The largest absolute Gasteiger partial charge is 0.379 e. The summed E-state index contributed by atoms with van der Waals surface area (Å²) in [6.07, 6.45) is 3.20. The van der Waals surface area contributed by atoms with Gasteiger partial charge in [0.1, 0.15) is 0 Å². The molecule has 0 spiro atoms. The molecule has 144 valence electrons. The van der Waals surface area contributed by atoms with Crippen molar-refractivity contribution in [1.82, 2.24) is 10.2 Å². The van der Waals surface area contributed by atoms with Gasteiger partial charge in [0.2, 0.25) is 0 Å². The molecule has 6 heteroatoms. The highest BCUT2D eigenvalue weighted by Crippen LogP contribution is 2.25. The zero-order valence-corrected chi connectivity index (χ0v) is 15.9. The van der Waals surface area contributed by atoms with Crippen molar-refractivity contribution in [3.8, 4) is 0 Å². The van der Waals surface area contributed by atoms with Crippen LogP contribution in [0.3, 0.4) is 0 Å². The maximum absolute atomic E-state index is 13.0. The number of amides is 1. The molecular weight excluding hydrogens is 330 g/mol. The third-order valence-electron chi connectivity index (χ3n) is 5.08. The first-order valence-electron chi connectivity index (χ1n) is 9.64. The fourth-order valence-corrected chi connectivity index (χ4v) is 3.58. The van der Waals surface area contributed by atoms with Gasteiger partial charge in [-0.2, -0.15) is 0 Å². The molecular formula is C20H31N3O3. The maximum Gasteiger partial charge on any atom is 0.253 e. The van der Waals surface area contributed by atoms with Gasteiger partial charge in [-0.3, -0.25) is 4.79 Å². The quantitative estimate of drug-likeness (QED) is 0.802. The molecule has 0 radical (unpaired) electrons. The van der Waals surface area contributed by atoms with E-state index in [0.29, 0.717) is 19.8 Å². The molecule has 1 aromatic carbocycles. The summed E-state index contributed by atoms with van der Waals surface area (Å²) in [6, 6.07) is 7.78. The third-order valence-corrected chi connectivity index (χ3v) is 5.08. The number of hydrogen-bond acceptors (Lipinski definition) is 5. The van der Waals surface area contributed by atoms with E-state index in [-0.39, 0.29) is 18.1 Å². The molecule has 0 aromatic heterocycles. The summed E-state index contributed by atoms with van der Waals surface area (Å²) in [5.74, 6) is -0.0378. The van der Waals surface area contributed by atoms with Crippen LogP contribution in [0.1, 0.15) is 29.6 Å². The molecule has 0 aliphatic carbocycles. The average Bonchev–Trinajstić information content (AvgIpc) is 3.17. The van der Waals surface area contributed by atoms with Crippen molar-refractivity contribution >= 4 is 11.6 Å². The van der Waals surface area contributed by atoms with Crippen LogP contribution in [0.5, 0.6) is 0 Å². The van der Waals surface area contributed by atoms with Crippen molar-refractivity contribution in [3.63, 3.8) is 0 Å². The molecule has 2 aliphatic heterocycles. The summed E-state index contributed by atoms with van der Waals surface area (Å²) in [7, 11) is 4.06. The first kappa shape index (κ1) is 19.1. The van der Waals surface area contributed by atoms with Gasteiger partial charge in [0.25, 0.3) is 5.91 Å². The van der Waals surface area contributed by atoms with Crippen LogP contribution >= 0.6 is 0 Å². The molecule has 0 unspecified atom stereocenters. The van der Waals surface area contributed by atoms with Gasteiger partial charge in [0.05, 0.1) is 30.9 Å². The number of rotatable bonds is 7. The average molecular weight is 361 g/mol. The molecule has 1 aromatic rings. The number of para-hydroxylation sites is 1. The fraction of sp³-hybridized carbons (Fsp3) is 0.650. The predicted molar refractivity (Wildman–Crippen MR) is 103 cm³/mol. The molecule has 2 saturated heterocycles. The summed E-state index contributed by atoms with van der Waals surface area (Å²) < 4.78 is 11.6. The van der Waals surface area contributed by atoms with E-state index in [0.717, 1.165) is 37.3 Å². The normalized spacial score (nSPS) is 23.4. The van der Waals surface area contributed by atoms with Crippen molar-refractivity contribution in [3.05, 3.63) is 29.8 Å². The summed E-state index contributed by atoms with van der Waals surface area (Å²) >= 11 is 0. The lowest BCUT2D eigenvalue weighted by molar-refractivity contribution is -0.0561. The van der Waals surface area contributed by atoms with E-state index in [1.54, 1.807) is 0 Å². The van der Waals surface area contributed by atoms with E-state index in [1.165, 1.54) is 12.8 Å². The Morgan fingerprint density at radius 1 is 1.31 bits per heavy atom. The second kappa shape index (κ2) is 9.35. The molecule has 1 amide bonds. The number of nitrogens with one attached hydrogen (secondary N) is 1. The van der Waals surface area contributed by atoms with E-state index in [1.807, 2.05) is 38.4 Å². The van der Waals surface area contributed by atoms with Gasteiger partial charge in [-0.1, -0.05) is 12.1 Å². The Morgan fingerprint density at radius 3 is 2.85 bits per heavy atom. The Labute approximate surface area is 156 Å². The number of nitrogens with zero attached hydrogens (tertiary/aromatic N) is 2. The van der Waals surface area contributed by atoms with Gasteiger partial charge in [0.15, 0.2) is 0 Å². The molecule has 0 saturated carbocycles. The van der Waals surface area contributed by atoms with Gasteiger partial charge < -0.3 is 24.6 Å². The topological polar surface area (TPSA) is 54.0 Å². The Balaban J connectivity index is 1.64. The number of hydrogen-bond donors (Lipinski definition) is 1. The molecule has 2 heterocycles. The number of carbonyl (C=O) groups is 1. The van der Waals surface area contributed by atoms with E-state index in [9.17, 15) is 4.79 Å². The first-order chi connectivity index (χ1) is 12.6. The number of ether oxygens (including phenoxy) is 2. The summed E-state index contributed by atoms with van der Waals surface area (Å²) in [5.41, 5.74) is 1.77. The predicted octanol–water partition coefficient (Wildman–Crippen LogP) is 1.75. The Hall–Kier alpha value is -1.63. The van der Waals surface area contributed by atoms with Gasteiger partial charge >= 0.3 is 0 Å². The Kier molecular flexibility index (Phi) is 6.88. The van der Waals surface area contributed by atoms with E-state index >= 15 is 0 Å². The maximum atomic E-state index is 13.0. The van der Waals surface area contributed by atoms with Crippen molar-refractivity contribution in [1.29, 1.82) is 0 Å². The first-order valence-corrected chi connectivity index (χ1v) is 9.64. The molecule has 2 aliphatic rings. The van der Waals surface area contributed by atoms with Crippen molar-refractivity contribution in [2.75, 3.05) is 58.5 Å². The van der Waals surface area contributed by atoms with Crippen LogP contribution in [0.15, 0.2) is 24.3 Å². The summed E-state index contributed by atoms with van der Waals surface area (Å²) in [5, 5.41) is 3.16. The third kappa shape index (κ3) is 4.96. The highest BCUT2D eigenvalue weighted by molar-refractivity contribution is 6.00. The fourth-order valence-electron chi connectivity index (χ4n) is 3.58. The van der Waals surface area contributed by atoms with Crippen molar-refractivity contribution < 1.29 is 14.3 Å². The Morgan fingerprint density at radius 2 is 2.08 bits per heavy atom. The number of anilines is 1. The monoisotopic (exact) mass is 361 g/mol. The van der Waals surface area contributed by atoms with Crippen LogP contribution in [-0.2, 0) is 9.47 Å². The molecule has 6 nitrogen and oxygen atoms in total. The lowest BCUT2D eigenvalue weighted by atomic mass is 10.0. The number of likely N-dealkylation sites (N-methyl/N-ethyl adjacent to an activating group) is 1. The molecule has 1 N–H and O–H groups in total. The highest BCUT2D eigenvalue weighted by Gasteiger charge is 2.29. The van der Waals surface area contributed by atoms with Gasteiger partial charge in [0, 0.05) is 31.9 Å². The van der Waals surface area contributed by atoms with Gasteiger partial charge in [-0.15, -0.1) is 0 Å². The van der Waals surface area contributed by atoms with E-state index in [4.69, 9.17) is 9.47 Å². The summed E-state index contributed by atoms with van der Waals surface area (Å²) in [4.78, 5) is 17.4. The molecule has 2 atom stereocenters. The minimum absolute atomic E-state index is 0.00611. The minimum atomic E-state index is -0.106. The minimum Gasteiger partial charge on any atom is -0.379 e. The standard InChI is InChI=1S/C20H31N3O3/c1-22(2)12-14-26-19-9-13-25-15-17(19)21-20(24)16-7-3-4-8-18(16)23-10-5-6-11-23/h3-4,7-8,17,19H,5-6,9-15H2,1-2H3,(H,21,24)/t17-,19+/m0/s1. The van der Waals surface area contributed by atoms with Crippen LogP contribution < -0.4 is 10.2 Å². The van der Waals surface area contributed by atoms with Crippen LogP contribution in [0, 0.1) is 0 Å². The lowest BCUT2D eigenvalue weighted by Crippen LogP contribution is -2.51. The van der Waals surface area contributed by atoms with E-state index < -0.39 is 0 Å². The molecule has 0 bridgehead atoms. The molecule has 2 fully saturated rings. The van der Waals surface area contributed by atoms with Gasteiger partial charge in [-0.25, -0.2) is 0 Å². The zero-order chi connectivity index (χ0) is 18.4. The van der Waals surface area contributed by atoms with Crippen LogP contribution in [-0.4, -0.2) is 76.5 Å². The lowest BCUT2D eigenvalue weighted by Gasteiger charge is -2.33. The van der Waals surface area contributed by atoms with Crippen molar-refractivity contribution in [2.45, 2.75) is 31.4 Å². The summed E-state index contributed by atoms with van der Waals surface area (Å²) in [6.45, 7) is 4.76. The van der Waals surface area contributed by atoms with Crippen molar-refractivity contribution in [2.24, 2.45) is 0 Å². The second-order valence-corrected chi connectivity index (χ2v) is 7.37. The van der Waals surface area contributed by atoms with Crippen LogP contribution in [0.4, 0.5) is 5.69 Å². The zero-order valence-electron chi connectivity index (χ0n) is 15.9. The van der Waals surface area contributed by atoms with Crippen LogP contribution in [0.25, 0.3) is 0 Å². The highest BCUT2D eigenvalue weighted by atomic mass is 16.5. The second-order valence-electron chi connectivity index (χ2n) is 7.37. The smallest absolute Gasteiger partial charge is 0.253 e. The molecule has 26 heavy (non-hydrogen) atoms. The SMILES string of the molecule is CN(C)CCO[C@@H]1CCOC[C@@H]1NC(=O)c1ccccc1N1CCCC1. The Bertz CT molecular complexity index is 587. The van der Waals surface area contributed by atoms with Gasteiger partial charge in [-0.05, 0) is 45.5 Å². The van der Waals surface area contributed by atoms with Crippen LogP contribution in [0.2, 0.25) is 0 Å². The number of carbonyl (C=O) groups excluding carboxylic acids is 1. The molecule has 3 rings (SSSR count).